The van der Waals surface area contributed by atoms with Crippen molar-refractivity contribution in [1.82, 2.24) is 4.98 Å². The zero-order valence-electron chi connectivity index (χ0n) is 12.8. The van der Waals surface area contributed by atoms with E-state index in [0.717, 1.165) is 40.8 Å². The zero-order chi connectivity index (χ0) is 15.0. The van der Waals surface area contributed by atoms with E-state index in [9.17, 15) is 5.11 Å². The Balaban J connectivity index is 1.97. The lowest BCUT2D eigenvalue weighted by Crippen LogP contribution is -2.24. The Morgan fingerprint density at radius 1 is 1.33 bits per heavy atom. The van der Waals surface area contributed by atoms with E-state index in [1.165, 1.54) is 0 Å². The Kier molecular flexibility index (Phi) is 3.76. The second kappa shape index (κ2) is 5.43. The quantitative estimate of drug-likeness (QED) is 0.918. The maximum absolute atomic E-state index is 10.4. The second-order valence-electron chi connectivity index (χ2n) is 6.45. The average molecular weight is 302 g/mol. The summed E-state index contributed by atoms with van der Waals surface area (Å²) in [5.41, 5.74) is 2.36. The Bertz CT molecular complexity index is 621. The first-order valence-electron chi connectivity index (χ1n) is 7.50. The molecule has 0 amide bonds. The summed E-state index contributed by atoms with van der Waals surface area (Å²) < 4.78 is 0. The van der Waals surface area contributed by atoms with Crippen molar-refractivity contribution in [3.05, 3.63) is 40.9 Å². The number of hydrogen-bond acceptors (Lipinski definition) is 4. The fourth-order valence-electron chi connectivity index (χ4n) is 3.03. The summed E-state index contributed by atoms with van der Waals surface area (Å²) in [5.74, 6) is 0. The standard InChI is InChI=1S/C17H22N2OS/c1-4-19(12-8-6-5-7-9-12)16-18-13-10-17(2,3)11-14(20)15(13)21-16/h5-9,14,20H,4,10-11H2,1-3H3. The van der Waals surface area contributed by atoms with E-state index in [2.05, 4.69) is 37.8 Å². The van der Waals surface area contributed by atoms with Gasteiger partial charge in [-0.15, -0.1) is 0 Å². The molecule has 0 spiro atoms. The first kappa shape index (κ1) is 14.5. The third kappa shape index (κ3) is 2.83. The highest BCUT2D eigenvalue weighted by Crippen LogP contribution is 2.45. The normalized spacial score (nSPS) is 20.1. The van der Waals surface area contributed by atoms with Crippen molar-refractivity contribution in [2.75, 3.05) is 11.4 Å². The van der Waals surface area contributed by atoms with Crippen molar-refractivity contribution in [3.8, 4) is 0 Å². The molecule has 0 radical (unpaired) electrons. The molecular weight excluding hydrogens is 280 g/mol. The molecule has 1 aromatic carbocycles. The van der Waals surface area contributed by atoms with Crippen LogP contribution in [0.1, 0.15) is 43.9 Å². The molecule has 1 atom stereocenters. The number of nitrogens with zero attached hydrogens (tertiary/aromatic N) is 2. The number of thiazole rings is 1. The second-order valence-corrected chi connectivity index (χ2v) is 7.46. The topological polar surface area (TPSA) is 36.4 Å². The lowest BCUT2D eigenvalue weighted by Gasteiger charge is -2.31. The Labute approximate surface area is 130 Å². The van der Waals surface area contributed by atoms with Crippen LogP contribution in [-0.4, -0.2) is 16.6 Å². The maximum Gasteiger partial charge on any atom is 0.190 e. The van der Waals surface area contributed by atoms with Gasteiger partial charge in [0.05, 0.1) is 16.7 Å². The highest BCUT2D eigenvalue weighted by molar-refractivity contribution is 7.15. The van der Waals surface area contributed by atoms with Crippen LogP contribution < -0.4 is 4.90 Å². The molecule has 0 fully saturated rings. The van der Waals surface area contributed by atoms with Gasteiger partial charge in [-0.1, -0.05) is 43.4 Å². The van der Waals surface area contributed by atoms with Gasteiger partial charge in [-0.3, -0.25) is 0 Å². The number of anilines is 2. The lowest BCUT2D eigenvalue weighted by atomic mass is 9.77. The molecule has 1 aromatic heterocycles. The third-order valence-electron chi connectivity index (χ3n) is 4.03. The summed E-state index contributed by atoms with van der Waals surface area (Å²) in [7, 11) is 0. The molecule has 1 aliphatic rings. The molecule has 0 saturated heterocycles. The molecule has 21 heavy (non-hydrogen) atoms. The number of para-hydroxylation sites is 1. The highest BCUT2D eigenvalue weighted by Gasteiger charge is 2.34. The van der Waals surface area contributed by atoms with Gasteiger partial charge >= 0.3 is 0 Å². The van der Waals surface area contributed by atoms with Crippen LogP contribution in [0.25, 0.3) is 0 Å². The fourth-order valence-corrected chi connectivity index (χ4v) is 4.18. The smallest absolute Gasteiger partial charge is 0.190 e. The monoisotopic (exact) mass is 302 g/mol. The molecule has 112 valence electrons. The molecule has 0 aliphatic heterocycles. The molecule has 1 N–H and O–H groups in total. The minimum Gasteiger partial charge on any atom is -0.387 e. The summed E-state index contributed by atoms with van der Waals surface area (Å²) >= 11 is 1.64. The number of aromatic nitrogens is 1. The van der Waals surface area contributed by atoms with Crippen LogP contribution >= 0.6 is 11.3 Å². The van der Waals surface area contributed by atoms with Gasteiger partial charge in [-0.05, 0) is 37.3 Å². The molecule has 3 rings (SSSR count). The minimum absolute atomic E-state index is 0.127. The summed E-state index contributed by atoms with van der Waals surface area (Å²) in [6.45, 7) is 7.41. The van der Waals surface area contributed by atoms with Crippen LogP contribution in [0.2, 0.25) is 0 Å². The number of aliphatic hydroxyl groups excluding tert-OH is 1. The maximum atomic E-state index is 10.4. The molecule has 0 bridgehead atoms. The molecule has 1 unspecified atom stereocenters. The van der Waals surface area contributed by atoms with Crippen molar-refractivity contribution in [1.29, 1.82) is 0 Å². The SMILES string of the molecule is CCN(c1ccccc1)c1nc2c(s1)C(O)CC(C)(C)C2. The van der Waals surface area contributed by atoms with Crippen molar-refractivity contribution < 1.29 is 5.11 Å². The molecule has 4 heteroatoms. The first-order valence-corrected chi connectivity index (χ1v) is 8.32. The van der Waals surface area contributed by atoms with Crippen molar-refractivity contribution >= 4 is 22.2 Å². The fraction of sp³-hybridized carbons (Fsp3) is 0.471. The van der Waals surface area contributed by atoms with Gasteiger partial charge in [0, 0.05) is 12.2 Å². The number of rotatable bonds is 3. The predicted molar refractivity (Wildman–Crippen MR) is 88.3 cm³/mol. The van der Waals surface area contributed by atoms with E-state index >= 15 is 0 Å². The van der Waals surface area contributed by atoms with Gasteiger partial charge in [0.25, 0.3) is 0 Å². The van der Waals surface area contributed by atoms with Gasteiger partial charge in [0.1, 0.15) is 0 Å². The van der Waals surface area contributed by atoms with Crippen LogP contribution in [0.3, 0.4) is 0 Å². The number of hydrogen-bond donors (Lipinski definition) is 1. The van der Waals surface area contributed by atoms with E-state index < -0.39 is 0 Å². The van der Waals surface area contributed by atoms with Crippen LogP contribution in [-0.2, 0) is 6.42 Å². The molecule has 1 heterocycles. The van der Waals surface area contributed by atoms with Crippen molar-refractivity contribution in [3.63, 3.8) is 0 Å². The summed E-state index contributed by atoms with van der Waals surface area (Å²) in [6, 6.07) is 10.3. The average Bonchev–Trinajstić information content (AvgIpc) is 2.83. The van der Waals surface area contributed by atoms with E-state index in [1.54, 1.807) is 11.3 Å². The highest BCUT2D eigenvalue weighted by atomic mass is 32.1. The Morgan fingerprint density at radius 2 is 2.05 bits per heavy atom. The predicted octanol–water partition coefficient (Wildman–Crippen LogP) is 4.31. The van der Waals surface area contributed by atoms with E-state index in [-0.39, 0.29) is 11.5 Å². The van der Waals surface area contributed by atoms with Gasteiger partial charge in [0.15, 0.2) is 5.13 Å². The van der Waals surface area contributed by atoms with Gasteiger partial charge in [-0.25, -0.2) is 4.98 Å². The molecule has 2 aromatic rings. The minimum atomic E-state index is -0.371. The first-order chi connectivity index (χ1) is 10.00. The number of aliphatic hydroxyl groups is 1. The zero-order valence-corrected chi connectivity index (χ0v) is 13.7. The summed E-state index contributed by atoms with van der Waals surface area (Å²) in [5, 5.41) is 11.4. The van der Waals surface area contributed by atoms with Gasteiger partial charge in [-0.2, -0.15) is 0 Å². The Hall–Kier alpha value is -1.39. The van der Waals surface area contributed by atoms with Crippen molar-refractivity contribution in [2.24, 2.45) is 5.41 Å². The molecule has 1 aliphatic carbocycles. The number of benzene rings is 1. The molecule has 3 nitrogen and oxygen atoms in total. The Morgan fingerprint density at radius 3 is 2.71 bits per heavy atom. The molecular formula is C17H22N2OS. The third-order valence-corrected chi connectivity index (χ3v) is 5.25. The van der Waals surface area contributed by atoms with E-state index in [1.807, 2.05) is 18.2 Å². The van der Waals surface area contributed by atoms with Crippen LogP contribution in [0.4, 0.5) is 10.8 Å². The van der Waals surface area contributed by atoms with E-state index in [0.29, 0.717) is 0 Å². The summed E-state index contributed by atoms with van der Waals surface area (Å²) in [4.78, 5) is 8.09. The van der Waals surface area contributed by atoms with Crippen LogP contribution in [0.5, 0.6) is 0 Å². The number of fused-ring (bicyclic) bond motifs is 1. The largest absolute Gasteiger partial charge is 0.387 e. The van der Waals surface area contributed by atoms with Gasteiger partial charge < -0.3 is 10.0 Å². The van der Waals surface area contributed by atoms with Crippen LogP contribution in [0, 0.1) is 5.41 Å². The summed E-state index contributed by atoms with van der Waals surface area (Å²) in [6.07, 6.45) is 1.39. The molecule has 0 saturated carbocycles. The van der Waals surface area contributed by atoms with Crippen LogP contribution in [0.15, 0.2) is 30.3 Å². The lowest BCUT2D eigenvalue weighted by molar-refractivity contribution is 0.102. The van der Waals surface area contributed by atoms with Crippen molar-refractivity contribution in [2.45, 2.75) is 39.7 Å². The van der Waals surface area contributed by atoms with E-state index in [4.69, 9.17) is 4.98 Å². The van der Waals surface area contributed by atoms with Gasteiger partial charge in [0.2, 0.25) is 0 Å².